The van der Waals surface area contributed by atoms with Gasteiger partial charge in [-0.05, 0) is 67.3 Å². The molecule has 0 aliphatic carbocycles. The maximum atomic E-state index is 13.4. The number of anilines is 2. The van der Waals surface area contributed by atoms with E-state index in [1.165, 1.54) is 23.6 Å². The highest BCUT2D eigenvalue weighted by Gasteiger charge is 2.28. The van der Waals surface area contributed by atoms with Crippen LogP contribution in [0.5, 0.6) is 0 Å². The fourth-order valence-corrected chi connectivity index (χ4v) is 5.26. The van der Waals surface area contributed by atoms with Gasteiger partial charge in [-0.15, -0.1) is 11.3 Å². The number of nitrogens with one attached hydrogen (secondary N) is 1. The van der Waals surface area contributed by atoms with Crippen molar-refractivity contribution in [2.75, 3.05) is 16.8 Å². The first kappa shape index (κ1) is 23.2. The van der Waals surface area contributed by atoms with Crippen LogP contribution in [0.25, 0.3) is 0 Å². The molecule has 35 heavy (non-hydrogen) atoms. The molecule has 0 radical (unpaired) electrons. The Labute approximate surface area is 207 Å². The van der Waals surface area contributed by atoms with Gasteiger partial charge < -0.3 is 15.2 Å². The topological polar surface area (TPSA) is 89.1 Å². The number of aromatic nitrogens is 3. The predicted octanol–water partition coefficient (Wildman–Crippen LogP) is 5.14. The first-order chi connectivity index (χ1) is 17.0. The summed E-state index contributed by atoms with van der Waals surface area (Å²) < 4.78 is 15.2. The average molecular weight is 491 g/mol. The van der Waals surface area contributed by atoms with Crippen LogP contribution in [0.4, 0.5) is 15.2 Å². The molecule has 2 atom stereocenters. The molecule has 4 heterocycles. The molecule has 7 nitrogen and oxygen atoms in total. The average Bonchev–Trinajstić information content (AvgIpc) is 3.60. The predicted molar refractivity (Wildman–Crippen MR) is 136 cm³/mol. The van der Waals surface area contributed by atoms with Gasteiger partial charge >= 0.3 is 0 Å². The van der Waals surface area contributed by atoms with Gasteiger partial charge in [-0.2, -0.15) is 4.39 Å². The van der Waals surface area contributed by atoms with E-state index in [1.807, 2.05) is 12.3 Å². The fraction of sp³-hybridized carbons (Fsp3) is 0.269. The summed E-state index contributed by atoms with van der Waals surface area (Å²) in [6.07, 6.45) is 5.32. The Morgan fingerprint density at radius 2 is 2.11 bits per heavy atom. The zero-order valence-corrected chi connectivity index (χ0v) is 20.2. The van der Waals surface area contributed by atoms with Gasteiger partial charge in [-0.25, -0.2) is 9.97 Å². The van der Waals surface area contributed by atoms with Crippen LogP contribution in [0.1, 0.15) is 59.2 Å². The molecule has 1 aromatic carbocycles. The van der Waals surface area contributed by atoms with Crippen molar-refractivity contribution >= 4 is 28.1 Å². The second-order valence-corrected chi connectivity index (χ2v) is 9.63. The molecular weight excluding hydrogens is 463 g/mol. The lowest BCUT2D eigenvalue weighted by Crippen LogP contribution is -2.23. The van der Waals surface area contributed by atoms with Crippen molar-refractivity contribution < 1.29 is 9.18 Å². The lowest BCUT2D eigenvalue weighted by atomic mass is 10.1. The fourth-order valence-electron chi connectivity index (χ4n) is 4.51. The highest BCUT2D eigenvalue weighted by molar-refractivity contribution is 7.14. The van der Waals surface area contributed by atoms with E-state index in [2.05, 4.69) is 39.5 Å². The highest BCUT2D eigenvalue weighted by atomic mass is 32.1. The van der Waals surface area contributed by atoms with Crippen molar-refractivity contribution in [2.24, 2.45) is 5.73 Å². The summed E-state index contributed by atoms with van der Waals surface area (Å²) in [5.74, 6) is -0.790. The molecule has 3 N–H and O–H groups in total. The van der Waals surface area contributed by atoms with Gasteiger partial charge in [0.1, 0.15) is 5.69 Å². The molecule has 9 heteroatoms. The Kier molecular flexibility index (Phi) is 6.61. The third kappa shape index (κ3) is 5.11. The molecule has 1 fully saturated rings. The third-order valence-electron chi connectivity index (χ3n) is 6.29. The maximum absolute atomic E-state index is 13.4. The van der Waals surface area contributed by atoms with Crippen molar-refractivity contribution in [3.8, 4) is 0 Å². The number of amides is 1. The molecule has 3 aromatic heterocycles. The minimum atomic E-state index is -0.540. The van der Waals surface area contributed by atoms with Gasteiger partial charge in [-0.3, -0.25) is 10.1 Å². The van der Waals surface area contributed by atoms with Gasteiger partial charge in [0.15, 0.2) is 5.13 Å². The second kappa shape index (κ2) is 9.97. The van der Waals surface area contributed by atoms with E-state index >= 15 is 0 Å². The van der Waals surface area contributed by atoms with Crippen molar-refractivity contribution in [3.63, 3.8) is 0 Å². The van der Waals surface area contributed by atoms with Crippen molar-refractivity contribution in [2.45, 2.75) is 38.4 Å². The molecule has 5 rings (SSSR count). The molecule has 0 spiro atoms. The lowest BCUT2D eigenvalue weighted by molar-refractivity contribution is 0.101. The number of thiazole rings is 1. The molecule has 180 valence electrons. The second-order valence-electron chi connectivity index (χ2n) is 8.77. The molecular formula is C26H27FN6OS. The van der Waals surface area contributed by atoms with E-state index in [-0.39, 0.29) is 18.0 Å². The van der Waals surface area contributed by atoms with Gasteiger partial charge in [0.05, 0.1) is 11.7 Å². The molecule has 1 aliphatic rings. The monoisotopic (exact) mass is 490 g/mol. The molecule has 0 bridgehead atoms. The normalized spacial score (nSPS) is 16.4. The van der Waals surface area contributed by atoms with E-state index in [0.29, 0.717) is 17.4 Å². The van der Waals surface area contributed by atoms with E-state index in [9.17, 15) is 9.18 Å². The summed E-state index contributed by atoms with van der Waals surface area (Å²) in [7, 11) is 0. The molecule has 1 saturated heterocycles. The SMILES string of the molecule is C[C@H](N)c1ccc(N2CCC[C@@H]2c2csc(NC(=O)c3cccn3Cc3ccnc(F)c3)n2)cc1. The summed E-state index contributed by atoms with van der Waals surface area (Å²) in [6, 6.07) is 15.2. The number of carbonyl (C=O) groups is 1. The molecule has 4 aromatic rings. The van der Waals surface area contributed by atoms with Crippen LogP contribution in [0.3, 0.4) is 0 Å². The molecule has 0 unspecified atom stereocenters. The number of rotatable bonds is 7. The Balaban J connectivity index is 1.28. The first-order valence-corrected chi connectivity index (χ1v) is 12.5. The lowest BCUT2D eigenvalue weighted by Gasteiger charge is -2.26. The number of benzene rings is 1. The van der Waals surface area contributed by atoms with Gasteiger partial charge in [0.2, 0.25) is 5.95 Å². The third-order valence-corrected chi connectivity index (χ3v) is 7.07. The minimum Gasteiger partial charge on any atom is -0.363 e. The Morgan fingerprint density at radius 3 is 2.89 bits per heavy atom. The molecule has 0 saturated carbocycles. The number of carbonyl (C=O) groups excluding carboxylic acids is 1. The summed E-state index contributed by atoms with van der Waals surface area (Å²) in [4.78, 5) is 23.7. The Morgan fingerprint density at radius 1 is 1.29 bits per heavy atom. The number of halogens is 1. The summed E-state index contributed by atoms with van der Waals surface area (Å²) in [6.45, 7) is 3.32. The largest absolute Gasteiger partial charge is 0.363 e. The van der Waals surface area contributed by atoms with Crippen molar-refractivity contribution in [1.29, 1.82) is 0 Å². The zero-order chi connectivity index (χ0) is 24.4. The van der Waals surface area contributed by atoms with Crippen LogP contribution in [0, 0.1) is 5.95 Å². The number of hydrogen-bond donors (Lipinski definition) is 2. The van der Waals surface area contributed by atoms with Crippen molar-refractivity contribution in [3.05, 3.63) is 94.8 Å². The Hall–Kier alpha value is -3.56. The smallest absolute Gasteiger partial charge is 0.274 e. The minimum absolute atomic E-state index is 0.00936. The number of hydrogen-bond acceptors (Lipinski definition) is 6. The zero-order valence-electron chi connectivity index (χ0n) is 19.4. The van der Waals surface area contributed by atoms with Crippen LogP contribution in [-0.4, -0.2) is 27.0 Å². The van der Waals surface area contributed by atoms with Crippen molar-refractivity contribution in [1.82, 2.24) is 14.5 Å². The summed E-state index contributed by atoms with van der Waals surface area (Å²) >= 11 is 1.42. The van der Waals surface area contributed by atoms with Crippen LogP contribution < -0.4 is 16.0 Å². The van der Waals surface area contributed by atoms with Gasteiger partial charge in [-0.1, -0.05) is 12.1 Å². The first-order valence-electron chi connectivity index (χ1n) is 11.6. The van der Waals surface area contributed by atoms with Gasteiger partial charge in [0.25, 0.3) is 5.91 Å². The standard InChI is InChI=1S/C26H27FN6OS/c1-17(28)19-6-8-20(9-7-19)33-13-3-4-22(33)21-16-35-26(30-21)31-25(34)23-5-2-12-32(23)15-18-10-11-29-24(27)14-18/h2,5-12,14,16-17,22H,3-4,13,15,28H2,1H3,(H,30,31,34)/t17-,22+/m0/s1. The van der Waals surface area contributed by atoms with E-state index < -0.39 is 5.95 Å². The maximum Gasteiger partial charge on any atom is 0.274 e. The van der Waals surface area contributed by atoms with Gasteiger partial charge in [0, 0.05) is 42.6 Å². The summed E-state index contributed by atoms with van der Waals surface area (Å²) in [5, 5.41) is 5.51. The van der Waals surface area contributed by atoms with Crippen LogP contribution in [0.15, 0.2) is 66.3 Å². The van der Waals surface area contributed by atoms with Crippen LogP contribution >= 0.6 is 11.3 Å². The van der Waals surface area contributed by atoms with E-state index in [0.717, 1.165) is 41.9 Å². The van der Waals surface area contributed by atoms with Crippen LogP contribution in [-0.2, 0) is 6.54 Å². The highest BCUT2D eigenvalue weighted by Crippen LogP contribution is 2.37. The Bertz CT molecular complexity index is 1320. The molecule has 1 aliphatic heterocycles. The number of pyridine rings is 1. The summed E-state index contributed by atoms with van der Waals surface area (Å²) in [5.41, 5.74) is 10.4. The number of nitrogens with two attached hydrogens (primary N) is 1. The van der Waals surface area contributed by atoms with E-state index in [4.69, 9.17) is 10.7 Å². The quantitative estimate of drug-likeness (QED) is 0.350. The molecule has 1 amide bonds. The number of nitrogens with zero attached hydrogens (tertiary/aromatic N) is 4. The van der Waals surface area contributed by atoms with Crippen LogP contribution in [0.2, 0.25) is 0 Å². The van der Waals surface area contributed by atoms with E-state index in [1.54, 1.807) is 29.0 Å².